The predicted octanol–water partition coefficient (Wildman–Crippen LogP) is 3.40. The zero-order valence-electron chi connectivity index (χ0n) is 12.4. The molecule has 0 aliphatic heterocycles. The normalized spacial score (nSPS) is 11.1. The molecule has 2 heterocycles. The fraction of sp³-hybridized carbons (Fsp3) is 0.176. The van der Waals surface area contributed by atoms with E-state index in [0.717, 1.165) is 6.07 Å². The Labute approximate surface area is 131 Å². The van der Waals surface area contributed by atoms with Crippen molar-refractivity contribution in [2.75, 3.05) is 0 Å². The van der Waals surface area contributed by atoms with E-state index in [4.69, 9.17) is 0 Å². The van der Waals surface area contributed by atoms with Crippen molar-refractivity contribution in [2.45, 2.75) is 19.8 Å². The molecule has 2 aromatic heterocycles. The van der Waals surface area contributed by atoms with E-state index in [-0.39, 0.29) is 12.1 Å². The van der Waals surface area contributed by atoms with Crippen LogP contribution in [0.15, 0.2) is 36.7 Å². The summed E-state index contributed by atoms with van der Waals surface area (Å²) in [7, 11) is 0. The maximum Gasteiger partial charge on any atom is 0.353 e. The van der Waals surface area contributed by atoms with Gasteiger partial charge in [0, 0.05) is 18.5 Å². The van der Waals surface area contributed by atoms with Gasteiger partial charge in [0.25, 0.3) is 0 Å². The second-order valence-corrected chi connectivity index (χ2v) is 5.36. The molecule has 118 valence electrons. The first-order chi connectivity index (χ1) is 11.0. The van der Waals surface area contributed by atoms with Crippen molar-refractivity contribution in [1.29, 1.82) is 0 Å². The van der Waals surface area contributed by atoms with E-state index in [1.807, 2.05) is 0 Å². The fourth-order valence-corrected chi connectivity index (χ4v) is 2.66. The molecule has 0 spiro atoms. The van der Waals surface area contributed by atoms with Crippen molar-refractivity contribution < 1.29 is 18.7 Å². The van der Waals surface area contributed by atoms with E-state index in [0.29, 0.717) is 28.8 Å². The number of halogens is 2. The van der Waals surface area contributed by atoms with Crippen LogP contribution in [0.25, 0.3) is 5.65 Å². The molecule has 0 radical (unpaired) electrons. The van der Waals surface area contributed by atoms with Gasteiger partial charge in [-0.3, -0.25) is 4.40 Å². The third-order valence-corrected chi connectivity index (χ3v) is 3.84. The van der Waals surface area contributed by atoms with E-state index < -0.39 is 17.6 Å². The van der Waals surface area contributed by atoms with Crippen LogP contribution in [0.4, 0.5) is 8.78 Å². The molecular formula is C17H14F2N2O2. The number of fused-ring (bicyclic) bond motifs is 1. The summed E-state index contributed by atoms with van der Waals surface area (Å²) < 4.78 is 28.6. The van der Waals surface area contributed by atoms with Crippen molar-refractivity contribution >= 4 is 11.6 Å². The maximum absolute atomic E-state index is 13.8. The number of nitrogens with zero attached hydrogens (tertiary/aromatic N) is 2. The van der Waals surface area contributed by atoms with E-state index in [1.165, 1.54) is 16.7 Å². The highest BCUT2D eigenvalue weighted by Gasteiger charge is 2.16. The summed E-state index contributed by atoms with van der Waals surface area (Å²) in [5.74, 6) is -2.27. The number of aryl methyl sites for hydroxylation is 3. The Morgan fingerprint density at radius 3 is 2.65 bits per heavy atom. The lowest BCUT2D eigenvalue weighted by molar-refractivity contribution is 0.0687. The second kappa shape index (κ2) is 5.79. The summed E-state index contributed by atoms with van der Waals surface area (Å²) >= 11 is 0. The zero-order chi connectivity index (χ0) is 16.6. The number of aromatic nitrogens is 2. The molecule has 0 amide bonds. The van der Waals surface area contributed by atoms with E-state index in [9.17, 15) is 18.7 Å². The molecular weight excluding hydrogens is 302 g/mol. The second-order valence-electron chi connectivity index (χ2n) is 5.36. The van der Waals surface area contributed by atoms with Gasteiger partial charge in [0.2, 0.25) is 0 Å². The molecule has 1 aromatic carbocycles. The molecule has 0 saturated carbocycles. The van der Waals surface area contributed by atoms with Gasteiger partial charge in [0.1, 0.15) is 23.0 Å². The Hall–Kier alpha value is -2.76. The van der Waals surface area contributed by atoms with Gasteiger partial charge in [-0.15, -0.1) is 0 Å². The highest BCUT2D eigenvalue weighted by atomic mass is 19.1. The summed E-state index contributed by atoms with van der Waals surface area (Å²) in [6.45, 7) is 1.57. The zero-order valence-corrected chi connectivity index (χ0v) is 12.4. The SMILES string of the molecule is Cc1cc(CCc2ccc3nccn3c2C(=O)O)c(F)cc1F. The standard InChI is InChI=1S/C17H14F2N2O2/c1-10-8-12(14(19)9-13(10)18)3-2-11-4-5-15-20-6-7-21(15)16(11)17(22)23/h4-9H,2-3H2,1H3,(H,22,23). The lowest BCUT2D eigenvalue weighted by atomic mass is 10.0. The number of imidazole rings is 1. The molecule has 23 heavy (non-hydrogen) atoms. The van der Waals surface area contributed by atoms with Crippen LogP contribution >= 0.6 is 0 Å². The van der Waals surface area contributed by atoms with Gasteiger partial charge in [-0.05, 0) is 42.5 Å². The van der Waals surface area contributed by atoms with Crippen LogP contribution < -0.4 is 0 Å². The maximum atomic E-state index is 13.8. The summed E-state index contributed by atoms with van der Waals surface area (Å²) in [5, 5.41) is 9.44. The Morgan fingerprint density at radius 1 is 1.17 bits per heavy atom. The molecule has 0 aliphatic carbocycles. The Balaban J connectivity index is 1.95. The number of hydrogen-bond acceptors (Lipinski definition) is 2. The number of carboxylic acids is 1. The van der Waals surface area contributed by atoms with Crippen LogP contribution in [0, 0.1) is 18.6 Å². The third-order valence-electron chi connectivity index (χ3n) is 3.84. The van der Waals surface area contributed by atoms with Crippen molar-refractivity contribution in [1.82, 2.24) is 9.38 Å². The van der Waals surface area contributed by atoms with Crippen molar-refractivity contribution in [3.63, 3.8) is 0 Å². The molecule has 6 heteroatoms. The van der Waals surface area contributed by atoms with Crippen LogP contribution in [-0.4, -0.2) is 20.5 Å². The fourth-order valence-electron chi connectivity index (χ4n) is 2.66. The van der Waals surface area contributed by atoms with Crippen LogP contribution in [0.5, 0.6) is 0 Å². The first kappa shape index (κ1) is 15.1. The van der Waals surface area contributed by atoms with Gasteiger partial charge in [-0.25, -0.2) is 18.6 Å². The molecule has 1 N–H and O–H groups in total. The molecule has 0 atom stereocenters. The highest BCUT2D eigenvalue weighted by Crippen LogP contribution is 2.19. The lowest BCUT2D eigenvalue weighted by Gasteiger charge is -2.10. The average Bonchev–Trinajstić information content (AvgIpc) is 2.97. The minimum absolute atomic E-state index is 0.110. The minimum Gasteiger partial charge on any atom is -0.477 e. The van der Waals surface area contributed by atoms with E-state index >= 15 is 0 Å². The largest absolute Gasteiger partial charge is 0.477 e. The van der Waals surface area contributed by atoms with E-state index in [2.05, 4.69) is 4.98 Å². The summed E-state index contributed by atoms with van der Waals surface area (Å²) in [4.78, 5) is 15.6. The molecule has 4 nitrogen and oxygen atoms in total. The molecule has 0 aliphatic rings. The minimum atomic E-state index is -1.07. The molecule has 0 bridgehead atoms. The lowest BCUT2D eigenvalue weighted by Crippen LogP contribution is -2.10. The quantitative estimate of drug-likeness (QED) is 0.802. The topological polar surface area (TPSA) is 54.6 Å². The summed E-state index contributed by atoms with van der Waals surface area (Å²) in [6, 6.07) is 5.72. The van der Waals surface area contributed by atoms with Gasteiger partial charge in [-0.2, -0.15) is 0 Å². The molecule has 3 rings (SSSR count). The molecule has 3 aromatic rings. The number of carboxylic acid groups (broad SMARTS) is 1. The van der Waals surface area contributed by atoms with Crippen LogP contribution in [0.2, 0.25) is 0 Å². The summed E-state index contributed by atoms with van der Waals surface area (Å²) in [6.07, 6.45) is 3.71. The molecule has 0 saturated heterocycles. The Morgan fingerprint density at radius 2 is 1.91 bits per heavy atom. The smallest absolute Gasteiger partial charge is 0.353 e. The number of carbonyl (C=O) groups is 1. The molecule has 0 fully saturated rings. The van der Waals surface area contributed by atoms with Crippen molar-refractivity contribution in [3.8, 4) is 0 Å². The molecule has 0 unspecified atom stereocenters. The van der Waals surface area contributed by atoms with Gasteiger partial charge >= 0.3 is 5.97 Å². The van der Waals surface area contributed by atoms with Crippen molar-refractivity contribution in [3.05, 3.63) is 70.7 Å². The third kappa shape index (κ3) is 2.79. The number of pyridine rings is 1. The van der Waals surface area contributed by atoms with Crippen LogP contribution in [-0.2, 0) is 12.8 Å². The average molecular weight is 316 g/mol. The van der Waals surface area contributed by atoms with Gasteiger partial charge < -0.3 is 5.11 Å². The van der Waals surface area contributed by atoms with E-state index in [1.54, 1.807) is 25.3 Å². The number of benzene rings is 1. The first-order valence-electron chi connectivity index (χ1n) is 7.10. The Kier molecular flexibility index (Phi) is 3.82. The van der Waals surface area contributed by atoms with Crippen molar-refractivity contribution in [2.24, 2.45) is 0 Å². The van der Waals surface area contributed by atoms with Crippen LogP contribution in [0.3, 0.4) is 0 Å². The highest BCUT2D eigenvalue weighted by molar-refractivity contribution is 5.88. The monoisotopic (exact) mass is 316 g/mol. The number of hydrogen-bond donors (Lipinski definition) is 1. The summed E-state index contributed by atoms with van der Waals surface area (Å²) in [5.41, 5.74) is 1.95. The Bertz CT molecular complexity index is 903. The first-order valence-corrected chi connectivity index (χ1v) is 7.10. The van der Waals surface area contributed by atoms with Gasteiger partial charge in [0.05, 0.1) is 0 Å². The number of aromatic carboxylic acids is 1. The number of rotatable bonds is 4. The van der Waals surface area contributed by atoms with Crippen LogP contribution in [0.1, 0.15) is 27.2 Å². The van der Waals surface area contributed by atoms with Gasteiger partial charge in [0.15, 0.2) is 0 Å². The predicted molar refractivity (Wildman–Crippen MR) is 80.7 cm³/mol. The van der Waals surface area contributed by atoms with Gasteiger partial charge in [-0.1, -0.05) is 12.1 Å².